The first-order valence-electron chi connectivity index (χ1n) is 13.0. The summed E-state index contributed by atoms with van der Waals surface area (Å²) >= 11 is 0. The average Bonchev–Trinajstić information content (AvgIpc) is 3.64. The molecule has 3 heterocycles. The van der Waals surface area contributed by atoms with Crippen LogP contribution in [-0.2, 0) is 38.1 Å². The van der Waals surface area contributed by atoms with E-state index in [1.807, 2.05) is 20.8 Å². The third-order valence-corrected chi connectivity index (χ3v) is 7.35. The first-order valence-corrected chi connectivity index (χ1v) is 13.0. The van der Waals surface area contributed by atoms with Crippen molar-refractivity contribution in [3.05, 3.63) is 35.6 Å². The number of hydrogen-bond acceptors (Lipinski definition) is 8. The molecule has 0 saturated carbocycles. The summed E-state index contributed by atoms with van der Waals surface area (Å²) in [6, 6.07) is -0.0552. The average molecular weight is 520 g/mol. The minimum atomic E-state index is -0.842. The number of rotatable bonds is 10. The van der Waals surface area contributed by atoms with Gasteiger partial charge in [-0.3, -0.25) is 14.4 Å². The van der Waals surface area contributed by atoms with E-state index in [4.69, 9.17) is 23.7 Å². The number of amides is 1. The number of epoxide rings is 1. The maximum atomic E-state index is 12.8. The number of ketones is 1. The monoisotopic (exact) mass is 519 g/mol. The van der Waals surface area contributed by atoms with Gasteiger partial charge in [0.05, 0.1) is 44.5 Å². The Bertz CT molecular complexity index is 934. The molecule has 3 fully saturated rings. The number of methoxy groups -OCH3 is 2. The Labute approximate surface area is 219 Å². The predicted octanol–water partition coefficient (Wildman–Crippen LogP) is 3.18. The summed E-state index contributed by atoms with van der Waals surface area (Å²) in [5.74, 6) is -0.154. The Morgan fingerprint density at radius 1 is 1.27 bits per heavy atom. The molecule has 1 N–H and O–H groups in total. The molecular formula is C28H41NO8. The zero-order chi connectivity index (χ0) is 27.2. The summed E-state index contributed by atoms with van der Waals surface area (Å²) in [6.07, 6.45) is 9.07. The van der Waals surface area contributed by atoms with Gasteiger partial charge in [-0.25, -0.2) is 0 Å². The van der Waals surface area contributed by atoms with E-state index in [-0.39, 0.29) is 60.1 Å². The molecule has 7 atom stereocenters. The van der Waals surface area contributed by atoms with Crippen LogP contribution in [0.5, 0.6) is 0 Å². The number of esters is 1. The number of ether oxygens (including phenoxy) is 5. The highest BCUT2D eigenvalue weighted by Gasteiger charge is 2.58. The topological polar surface area (TPSA) is 113 Å². The fourth-order valence-corrected chi connectivity index (χ4v) is 4.72. The van der Waals surface area contributed by atoms with Crippen LogP contribution in [0.4, 0.5) is 0 Å². The fraction of sp³-hybridized carbons (Fsp3) is 0.679. The molecule has 9 nitrogen and oxygen atoms in total. The third-order valence-electron chi connectivity index (χ3n) is 7.35. The van der Waals surface area contributed by atoms with Gasteiger partial charge in [0, 0.05) is 19.6 Å². The zero-order valence-electron chi connectivity index (χ0n) is 22.8. The number of carbonyl (C=O) groups excluding carboxylic acids is 3. The van der Waals surface area contributed by atoms with E-state index >= 15 is 0 Å². The summed E-state index contributed by atoms with van der Waals surface area (Å²) < 4.78 is 27.4. The van der Waals surface area contributed by atoms with Crippen molar-refractivity contribution in [3.63, 3.8) is 0 Å². The van der Waals surface area contributed by atoms with Crippen LogP contribution in [-0.4, -0.2) is 74.5 Å². The summed E-state index contributed by atoms with van der Waals surface area (Å²) in [6.45, 7) is 8.35. The largest absolute Gasteiger partial charge is 0.486 e. The lowest BCUT2D eigenvalue weighted by Crippen LogP contribution is -2.50. The van der Waals surface area contributed by atoms with Crippen molar-refractivity contribution >= 4 is 17.7 Å². The van der Waals surface area contributed by atoms with E-state index in [0.29, 0.717) is 19.4 Å². The number of nitrogens with one attached hydrogen (secondary N) is 1. The van der Waals surface area contributed by atoms with E-state index in [1.54, 1.807) is 19.3 Å². The van der Waals surface area contributed by atoms with Gasteiger partial charge in [-0.05, 0) is 52.0 Å². The quantitative estimate of drug-likeness (QED) is 0.203. The van der Waals surface area contributed by atoms with Crippen molar-refractivity contribution in [1.29, 1.82) is 0 Å². The first kappa shape index (κ1) is 29.1. The summed E-state index contributed by atoms with van der Waals surface area (Å²) in [5.41, 5.74) is 0.243. The lowest BCUT2D eigenvalue weighted by Gasteiger charge is -2.39. The van der Waals surface area contributed by atoms with Gasteiger partial charge in [-0.2, -0.15) is 0 Å². The molecule has 0 aromatic carbocycles. The maximum absolute atomic E-state index is 12.8. The molecule has 3 saturated heterocycles. The second-order valence-electron chi connectivity index (χ2n) is 10.4. The van der Waals surface area contributed by atoms with Crippen LogP contribution >= 0.6 is 0 Å². The van der Waals surface area contributed by atoms with Crippen molar-refractivity contribution in [2.75, 3.05) is 20.8 Å². The molecule has 1 spiro atoms. The van der Waals surface area contributed by atoms with Crippen LogP contribution in [0.3, 0.4) is 0 Å². The van der Waals surface area contributed by atoms with E-state index in [1.165, 1.54) is 13.2 Å². The Morgan fingerprint density at radius 3 is 2.65 bits per heavy atom. The molecule has 9 heteroatoms. The van der Waals surface area contributed by atoms with Gasteiger partial charge in [-0.1, -0.05) is 24.6 Å². The molecule has 1 amide bonds. The third kappa shape index (κ3) is 7.99. The number of carbonyl (C=O) groups is 3. The normalized spacial score (nSPS) is 33.9. The number of allylic oxidation sites excluding steroid dienone is 2. The molecule has 3 rings (SSSR count). The highest BCUT2D eigenvalue weighted by molar-refractivity contribution is 6.03. The van der Waals surface area contributed by atoms with Crippen molar-refractivity contribution in [1.82, 2.24) is 5.32 Å². The van der Waals surface area contributed by atoms with Crippen LogP contribution in [0.2, 0.25) is 0 Å². The van der Waals surface area contributed by atoms with Crippen LogP contribution in [0.15, 0.2) is 35.6 Å². The SMILES string of the molecule is COC(=O)CC1CC2(CO2)C(=O)/C(=C\CC(C)=CCC2OC(C)C(NC(=O)C=CC(C)OC)CC2C)O1. The van der Waals surface area contributed by atoms with Crippen molar-refractivity contribution in [2.45, 2.75) is 95.9 Å². The maximum Gasteiger partial charge on any atom is 0.309 e. The van der Waals surface area contributed by atoms with Crippen LogP contribution in [0.1, 0.15) is 59.8 Å². The second kappa shape index (κ2) is 12.8. The van der Waals surface area contributed by atoms with Gasteiger partial charge < -0.3 is 29.0 Å². The van der Waals surface area contributed by atoms with Gasteiger partial charge in [0.2, 0.25) is 11.7 Å². The molecule has 3 aliphatic heterocycles. The van der Waals surface area contributed by atoms with Crippen molar-refractivity contribution in [2.24, 2.45) is 5.92 Å². The molecule has 7 unspecified atom stereocenters. The van der Waals surface area contributed by atoms with Crippen molar-refractivity contribution in [3.8, 4) is 0 Å². The zero-order valence-corrected chi connectivity index (χ0v) is 22.8. The van der Waals surface area contributed by atoms with Gasteiger partial charge in [-0.15, -0.1) is 0 Å². The Kier molecular flexibility index (Phi) is 10.1. The Hall–Kier alpha value is -2.49. The Morgan fingerprint density at radius 2 is 2.00 bits per heavy atom. The molecule has 0 aliphatic carbocycles. The minimum absolute atomic E-state index is 0.0370. The van der Waals surface area contributed by atoms with E-state index in [0.717, 1.165) is 18.4 Å². The Balaban J connectivity index is 1.52. The lowest BCUT2D eigenvalue weighted by atomic mass is 9.88. The van der Waals surface area contributed by atoms with Gasteiger partial charge >= 0.3 is 5.97 Å². The molecule has 0 aromatic heterocycles. The molecule has 0 radical (unpaired) electrons. The van der Waals surface area contributed by atoms with Gasteiger partial charge in [0.15, 0.2) is 11.4 Å². The van der Waals surface area contributed by atoms with E-state index in [9.17, 15) is 14.4 Å². The lowest BCUT2D eigenvalue weighted by molar-refractivity contribution is -0.146. The second-order valence-corrected chi connectivity index (χ2v) is 10.4. The molecule has 0 bridgehead atoms. The van der Waals surface area contributed by atoms with E-state index < -0.39 is 11.7 Å². The summed E-state index contributed by atoms with van der Waals surface area (Å²) in [7, 11) is 2.93. The van der Waals surface area contributed by atoms with Crippen LogP contribution in [0, 0.1) is 5.92 Å². The molecule has 3 aliphatic rings. The highest BCUT2D eigenvalue weighted by Crippen LogP contribution is 2.41. The summed E-state index contributed by atoms with van der Waals surface area (Å²) in [4.78, 5) is 36.7. The minimum Gasteiger partial charge on any atom is -0.486 e. The smallest absolute Gasteiger partial charge is 0.309 e. The number of hydrogen-bond donors (Lipinski definition) is 1. The van der Waals surface area contributed by atoms with E-state index in [2.05, 4.69) is 18.3 Å². The first-order chi connectivity index (χ1) is 17.6. The predicted molar refractivity (Wildman–Crippen MR) is 137 cm³/mol. The molecule has 0 aromatic rings. The highest BCUT2D eigenvalue weighted by atomic mass is 16.6. The van der Waals surface area contributed by atoms with Crippen LogP contribution in [0.25, 0.3) is 0 Å². The van der Waals surface area contributed by atoms with Crippen molar-refractivity contribution < 1.29 is 38.1 Å². The molecule has 37 heavy (non-hydrogen) atoms. The van der Waals surface area contributed by atoms with Gasteiger partial charge in [0.1, 0.15) is 6.10 Å². The van der Waals surface area contributed by atoms with Crippen LogP contribution < -0.4 is 5.32 Å². The molecular weight excluding hydrogens is 478 g/mol. The summed E-state index contributed by atoms with van der Waals surface area (Å²) in [5, 5.41) is 3.04. The van der Waals surface area contributed by atoms with Gasteiger partial charge in [0.25, 0.3) is 0 Å². The standard InChI is InChI=1S/C28H41NO8/c1-17(8-11-24-27(32)28(16-35-28)15-21(37-24)14-26(31)34-6)7-10-23-18(2)13-22(20(4)36-23)29-25(30)12-9-19(3)33-5/h7,9,11-12,18-23H,8,10,13-16H2,1-6H3,(H,29,30)/b12-9?,17-7?,24-11+. The molecule has 206 valence electrons. The number of Topliss-reactive ketones (excluding diaryl/α,β-unsaturated/α-hetero) is 1. The fourth-order valence-electron chi connectivity index (χ4n) is 4.72.